The monoisotopic (exact) mass is 225 g/mol. The molecule has 0 saturated carbocycles. The number of aryl methyl sites for hydroxylation is 2. The summed E-state index contributed by atoms with van der Waals surface area (Å²) < 4.78 is 2.02. The molecule has 0 fully saturated rings. The van der Waals surface area contributed by atoms with Crippen LogP contribution in [0.4, 0.5) is 0 Å². The summed E-state index contributed by atoms with van der Waals surface area (Å²) in [7, 11) is 0. The molecule has 1 N–H and O–H groups in total. The summed E-state index contributed by atoms with van der Waals surface area (Å²) in [5, 5.41) is 17.2. The van der Waals surface area contributed by atoms with Crippen LogP contribution in [0.15, 0.2) is 0 Å². The van der Waals surface area contributed by atoms with Gasteiger partial charge in [-0.15, -0.1) is 0 Å². The van der Waals surface area contributed by atoms with Crippen molar-refractivity contribution in [3.05, 3.63) is 11.4 Å². The van der Waals surface area contributed by atoms with Crippen LogP contribution >= 0.6 is 0 Å². The summed E-state index contributed by atoms with van der Waals surface area (Å²) in [4.78, 5) is 10.2. The molecule has 0 bridgehead atoms. The van der Waals surface area contributed by atoms with E-state index in [4.69, 9.17) is 0 Å². The molecule has 16 heavy (non-hydrogen) atoms. The average molecular weight is 225 g/mol. The number of hydrogen-bond acceptors (Lipinski definition) is 3. The average Bonchev–Trinajstić information content (AvgIpc) is 2.54. The van der Waals surface area contributed by atoms with E-state index in [0.717, 1.165) is 37.2 Å². The van der Waals surface area contributed by atoms with E-state index >= 15 is 0 Å². The van der Waals surface area contributed by atoms with Gasteiger partial charge in [-0.05, 0) is 25.7 Å². The van der Waals surface area contributed by atoms with Crippen molar-refractivity contribution in [2.75, 3.05) is 0 Å². The maximum Gasteiger partial charge on any atom is 0.218 e. The molecule has 0 spiro atoms. The number of nitrogens with zero attached hydrogens (tertiary/aromatic N) is 2. The highest BCUT2D eigenvalue weighted by Crippen LogP contribution is 2.02. The number of carbonyl (C=O) groups is 1. The molecule has 0 aromatic carbocycles. The summed E-state index contributed by atoms with van der Waals surface area (Å²) in [5.41, 5.74) is 2.19. The van der Waals surface area contributed by atoms with E-state index in [0.29, 0.717) is 6.42 Å². The fourth-order valence-corrected chi connectivity index (χ4v) is 1.60. The van der Waals surface area contributed by atoms with E-state index < -0.39 is 5.97 Å². The second-order valence-electron chi connectivity index (χ2n) is 4.07. The van der Waals surface area contributed by atoms with Gasteiger partial charge in [0.1, 0.15) is 6.54 Å². The minimum absolute atomic E-state index is 0.176. The minimum Gasteiger partial charge on any atom is -0.550 e. The predicted molar refractivity (Wildman–Crippen MR) is 56.3 cm³/mol. The molecule has 90 valence electrons. The molecule has 0 saturated heterocycles. The third kappa shape index (κ3) is 4.00. The highest BCUT2D eigenvalue weighted by Gasteiger charge is 2.10. The maximum absolute atomic E-state index is 10.2. The lowest BCUT2D eigenvalue weighted by Crippen LogP contribution is -2.38. The van der Waals surface area contributed by atoms with Crippen molar-refractivity contribution in [3.63, 3.8) is 0 Å². The van der Waals surface area contributed by atoms with E-state index in [-0.39, 0.29) is 6.42 Å². The molecule has 0 radical (unpaired) electrons. The Hall–Kier alpha value is -1.39. The first kappa shape index (κ1) is 12.7. The number of H-pyrrole nitrogens is 1. The zero-order chi connectivity index (χ0) is 12.0. The lowest BCUT2D eigenvalue weighted by Gasteiger charge is -2.01. The third-order valence-electron chi connectivity index (χ3n) is 2.78. The zero-order valence-corrected chi connectivity index (χ0v) is 9.95. The first-order valence-electron chi connectivity index (χ1n) is 5.72. The van der Waals surface area contributed by atoms with Gasteiger partial charge < -0.3 is 9.90 Å². The Morgan fingerprint density at radius 2 is 2.00 bits per heavy atom. The molecule has 5 nitrogen and oxygen atoms in total. The Morgan fingerprint density at radius 1 is 1.31 bits per heavy atom. The van der Waals surface area contributed by atoms with Crippen molar-refractivity contribution >= 4 is 5.97 Å². The molecule has 1 aromatic rings. The first-order valence-corrected chi connectivity index (χ1v) is 5.72. The standard InChI is InChI=1S/C11H19N3O2/c1-9-10(2)14(13-12-9)8-6-4-3-5-7-11(15)16/h3-8H2,1-2H3,(H,15,16). The van der Waals surface area contributed by atoms with E-state index in [9.17, 15) is 9.90 Å². The van der Waals surface area contributed by atoms with Crippen molar-refractivity contribution in [2.45, 2.75) is 52.5 Å². The van der Waals surface area contributed by atoms with Crippen molar-refractivity contribution < 1.29 is 14.6 Å². The number of carboxylic acid groups (broad SMARTS) is 1. The lowest BCUT2D eigenvalue weighted by molar-refractivity contribution is -0.759. The second-order valence-corrected chi connectivity index (χ2v) is 4.07. The molecule has 0 aliphatic heterocycles. The topological polar surface area (TPSA) is 72.7 Å². The van der Waals surface area contributed by atoms with Gasteiger partial charge in [0.25, 0.3) is 0 Å². The van der Waals surface area contributed by atoms with Crippen molar-refractivity contribution in [1.29, 1.82) is 0 Å². The Kier molecular flexibility index (Phi) is 4.95. The molecule has 0 atom stereocenters. The van der Waals surface area contributed by atoms with Gasteiger partial charge in [0.15, 0.2) is 5.69 Å². The number of aliphatic carboxylic acids is 1. The van der Waals surface area contributed by atoms with Crippen LogP contribution in [0.3, 0.4) is 0 Å². The van der Waals surface area contributed by atoms with Gasteiger partial charge in [0.05, 0.1) is 0 Å². The number of aromatic amines is 1. The van der Waals surface area contributed by atoms with Crippen molar-refractivity contribution in [1.82, 2.24) is 10.3 Å². The second kappa shape index (κ2) is 6.25. The number of carboxylic acids is 1. The predicted octanol–water partition coefficient (Wildman–Crippen LogP) is 0.0144. The van der Waals surface area contributed by atoms with Crippen LogP contribution in [0.25, 0.3) is 0 Å². The van der Waals surface area contributed by atoms with Gasteiger partial charge in [0, 0.05) is 24.9 Å². The molecule has 0 aliphatic carbocycles. The fraction of sp³-hybridized carbons (Fsp3) is 0.727. The lowest BCUT2D eigenvalue weighted by atomic mass is 10.1. The maximum atomic E-state index is 10.2. The molecule has 1 rings (SSSR count). The van der Waals surface area contributed by atoms with E-state index in [1.54, 1.807) is 0 Å². The van der Waals surface area contributed by atoms with Gasteiger partial charge in [-0.1, -0.05) is 11.6 Å². The summed E-state index contributed by atoms with van der Waals surface area (Å²) in [5.74, 6) is -0.950. The van der Waals surface area contributed by atoms with Crippen LogP contribution < -0.4 is 9.79 Å². The quantitative estimate of drug-likeness (QED) is 0.525. The largest absolute Gasteiger partial charge is 0.550 e. The minimum atomic E-state index is -0.950. The number of unbranched alkanes of at least 4 members (excludes halogenated alkanes) is 3. The molecular formula is C11H19N3O2. The zero-order valence-electron chi connectivity index (χ0n) is 9.95. The third-order valence-corrected chi connectivity index (χ3v) is 2.78. The molecule has 1 heterocycles. The molecule has 0 unspecified atom stereocenters. The molecule has 1 aromatic heterocycles. The van der Waals surface area contributed by atoms with Crippen LogP contribution in [-0.4, -0.2) is 16.3 Å². The Labute approximate surface area is 95.5 Å². The highest BCUT2D eigenvalue weighted by molar-refractivity contribution is 5.63. The Morgan fingerprint density at radius 3 is 2.56 bits per heavy atom. The fourth-order valence-electron chi connectivity index (χ4n) is 1.60. The summed E-state index contributed by atoms with van der Waals surface area (Å²) in [6.07, 6.45) is 3.92. The van der Waals surface area contributed by atoms with E-state index in [2.05, 4.69) is 10.3 Å². The number of carbonyl (C=O) groups excluding carboxylic acids is 1. The normalized spacial score (nSPS) is 10.6. The Balaban J connectivity index is 2.12. The number of rotatable bonds is 7. The van der Waals surface area contributed by atoms with Crippen LogP contribution in [0.2, 0.25) is 0 Å². The van der Waals surface area contributed by atoms with Gasteiger partial charge in [-0.2, -0.15) is 4.68 Å². The molecule has 0 aliphatic rings. The summed E-state index contributed by atoms with van der Waals surface area (Å²) in [6, 6.07) is 0. The van der Waals surface area contributed by atoms with Crippen LogP contribution in [0, 0.1) is 13.8 Å². The van der Waals surface area contributed by atoms with Crippen LogP contribution in [-0.2, 0) is 11.3 Å². The van der Waals surface area contributed by atoms with Crippen molar-refractivity contribution in [2.24, 2.45) is 0 Å². The number of hydrogen-bond donors (Lipinski definition) is 1. The summed E-state index contributed by atoms with van der Waals surface area (Å²) >= 11 is 0. The van der Waals surface area contributed by atoms with Gasteiger partial charge in [-0.3, -0.25) is 0 Å². The molecular weight excluding hydrogens is 206 g/mol. The van der Waals surface area contributed by atoms with Gasteiger partial charge in [0.2, 0.25) is 5.69 Å². The first-order chi connectivity index (χ1) is 7.61. The van der Waals surface area contributed by atoms with E-state index in [1.807, 2.05) is 18.5 Å². The van der Waals surface area contributed by atoms with Gasteiger partial charge in [-0.25, -0.2) is 0 Å². The van der Waals surface area contributed by atoms with Crippen LogP contribution in [0.5, 0.6) is 0 Å². The van der Waals surface area contributed by atoms with Crippen LogP contribution in [0.1, 0.15) is 43.5 Å². The molecule has 0 amide bonds. The number of nitrogens with one attached hydrogen (secondary N) is 1. The number of aromatic nitrogens is 3. The Bertz CT molecular complexity index is 347. The van der Waals surface area contributed by atoms with Crippen molar-refractivity contribution in [3.8, 4) is 0 Å². The smallest absolute Gasteiger partial charge is 0.218 e. The summed E-state index contributed by atoms with van der Waals surface area (Å²) in [6.45, 7) is 4.93. The molecule has 5 heteroatoms. The SMILES string of the molecule is Cc1n[nH][n+](CCCCCCC(=O)[O-])c1C. The highest BCUT2D eigenvalue weighted by atomic mass is 16.4. The van der Waals surface area contributed by atoms with E-state index in [1.165, 1.54) is 0 Å². The van der Waals surface area contributed by atoms with Gasteiger partial charge >= 0.3 is 0 Å².